The fourth-order valence-electron chi connectivity index (χ4n) is 4.61. The van der Waals surface area contributed by atoms with Crippen molar-refractivity contribution in [1.29, 1.82) is 0 Å². The van der Waals surface area contributed by atoms with Crippen LogP contribution in [-0.2, 0) is 30.5 Å². The van der Waals surface area contributed by atoms with Gasteiger partial charge in [-0.15, -0.1) is 5.10 Å². The number of pyridine rings is 1. The summed E-state index contributed by atoms with van der Waals surface area (Å²) in [7, 11) is 0. The lowest BCUT2D eigenvalue weighted by atomic mass is 9.90. The maximum atomic E-state index is 11.4. The third kappa shape index (κ3) is 3.20. The van der Waals surface area contributed by atoms with Gasteiger partial charge in [0.15, 0.2) is 0 Å². The highest BCUT2D eigenvalue weighted by molar-refractivity contribution is 5.76. The topological polar surface area (TPSA) is 72.4 Å². The summed E-state index contributed by atoms with van der Waals surface area (Å²) in [6.45, 7) is 0. The minimum absolute atomic E-state index is 0.0656. The van der Waals surface area contributed by atoms with Crippen molar-refractivity contribution in [3.8, 4) is 0 Å². The van der Waals surface area contributed by atoms with E-state index in [4.69, 9.17) is 0 Å². The molecule has 146 valence electrons. The number of aliphatic carboxylic acids is 1. The lowest BCUT2D eigenvalue weighted by Gasteiger charge is -2.25. The summed E-state index contributed by atoms with van der Waals surface area (Å²) in [6, 6.07) is 16.6. The number of nitrogens with zero attached hydrogens (tertiary/aromatic N) is 4. The van der Waals surface area contributed by atoms with Gasteiger partial charge in [-0.2, -0.15) is 0 Å². The lowest BCUT2D eigenvalue weighted by molar-refractivity contribution is -0.136. The lowest BCUT2D eigenvalue weighted by Crippen LogP contribution is -2.22. The number of aromatic nitrogens is 4. The smallest absolute Gasteiger partial charge is 0.307 e. The zero-order chi connectivity index (χ0) is 19.8. The summed E-state index contributed by atoms with van der Waals surface area (Å²) in [6.07, 6.45) is 7.37. The Hall–Kier alpha value is -3.41. The van der Waals surface area contributed by atoms with E-state index in [1.54, 1.807) is 0 Å². The van der Waals surface area contributed by atoms with Crippen LogP contribution in [0.3, 0.4) is 0 Å². The van der Waals surface area contributed by atoms with Crippen molar-refractivity contribution in [1.82, 2.24) is 19.4 Å². The van der Waals surface area contributed by atoms with Crippen LogP contribution in [-0.4, -0.2) is 30.5 Å². The molecule has 0 saturated carbocycles. The van der Waals surface area contributed by atoms with E-state index in [-0.39, 0.29) is 12.5 Å². The number of fused-ring (bicyclic) bond motifs is 3. The molecule has 0 saturated heterocycles. The van der Waals surface area contributed by atoms with Gasteiger partial charge in [0.05, 0.1) is 24.4 Å². The molecule has 1 unspecified atom stereocenters. The fraction of sp³-hybridized carbons (Fsp3) is 0.261. The minimum Gasteiger partial charge on any atom is -0.481 e. The molecule has 3 aromatic heterocycles. The minimum atomic E-state index is -0.785. The monoisotopic (exact) mass is 386 g/mol. The highest BCUT2D eigenvalue weighted by atomic mass is 16.4. The van der Waals surface area contributed by atoms with E-state index < -0.39 is 5.97 Å². The Kier molecular flexibility index (Phi) is 4.39. The SMILES string of the molecule is O=C(O)Cc1c2c(n3ccccc13)CC(n1nncc1Cc1ccccc1)CC2. The Morgan fingerprint density at radius 2 is 1.97 bits per heavy atom. The molecule has 0 aliphatic heterocycles. The van der Waals surface area contributed by atoms with Gasteiger partial charge in [0.2, 0.25) is 0 Å². The Morgan fingerprint density at radius 3 is 2.79 bits per heavy atom. The molecule has 1 aliphatic rings. The first-order valence-corrected chi connectivity index (χ1v) is 9.95. The molecule has 0 bridgehead atoms. The standard InChI is InChI=1S/C23H22N4O2/c28-23(29)14-20-19-10-9-17(13-22(19)26-11-5-4-8-21(20)26)27-18(15-24-25-27)12-16-6-2-1-3-7-16/h1-8,11,15,17H,9-10,12-14H2,(H,28,29). The van der Waals surface area contributed by atoms with Crippen LogP contribution in [0.1, 0.15) is 40.5 Å². The zero-order valence-electron chi connectivity index (χ0n) is 16.0. The second-order valence-electron chi connectivity index (χ2n) is 7.66. The van der Waals surface area contributed by atoms with Crippen LogP contribution in [0.2, 0.25) is 0 Å². The quantitative estimate of drug-likeness (QED) is 0.570. The molecule has 4 aromatic rings. The molecular weight excluding hydrogens is 364 g/mol. The molecule has 0 radical (unpaired) electrons. The Labute approximate surface area is 168 Å². The number of carboxylic acids is 1. The molecular formula is C23H22N4O2. The first-order chi connectivity index (χ1) is 14.2. The maximum Gasteiger partial charge on any atom is 0.307 e. The van der Waals surface area contributed by atoms with Crippen LogP contribution >= 0.6 is 0 Å². The molecule has 1 aliphatic carbocycles. The van der Waals surface area contributed by atoms with Gasteiger partial charge in [-0.05, 0) is 41.7 Å². The predicted octanol–water partition coefficient (Wildman–Crippen LogP) is 3.48. The highest BCUT2D eigenvalue weighted by Gasteiger charge is 2.29. The largest absolute Gasteiger partial charge is 0.481 e. The Balaban J connectivity index is 1.50. The van der Waals surface area contributed by atoms with E-state index >= 15 is 0 Å². The predicted molar refractivity (Wildman–Crippen MR) is 109 cm³/mol. The van der Waals surface area contributed by atoms with Crippen LogP contribution in [0.5, 0.6) is 0 Å². The van der Waals surface area contributed by atoms with Crippen molar-refractivity contribution in [3.63, 3.8) is 0 Å². The van der Waals surface area contributed by atoms with E-state index in [1.165, 1.54) is 16.8 Å². The van der Waals surface area contributed by atoms with E-state index in [0.29, 0.717) is 0 Å². The molecule has 0 amide bonds. The summed E-state index contributed by atoms with van der Waals surface area (Å²) in [5.74, 6) is -0.785. The van der Waals surface area contributed by atoms with Crippen LogP contribution in [0.25, 0.3) is 5.52 Å². The summed E-state index contributed by atoms with van der Waals surface area (Å²) >= 11 is 0. The van der Waals surface area contributed by atoms with Crippen LogP contribution in [0.15, 0.2) is 60.9 Å². The van der Waals surface area contributed by atoms with Crippen molar-refractivity contribution >= 4 is 11.5 Å². The summed E-state index contributed by atoms with van der Waals surface area (Å²) in [5.41, 5.74) is 6.70. The highest BCUT2D eigenvalue weighted by Crippen LogP contribution is 2.35. The molecule has 1 N–H and O–H groups in total. The number of hydrogen-bond donors (Lipinski definition) is 1. The average molecular weight is 386 g/mol. The van der Waals surface area contributed by atoms with Crippen LogP contribution in [0.4, 0.5) is 0 Å². The van der Waals surface area contributed by atoms with Gasteiger partial charge in [-0.3, -0.25) is 4.79 Å². The molecule has 6 nitrogen and oxygen atoms in total. The van der Waals surface area contributed by atoms with Gasteiger partial charge < -0.3 is 9.51 Å². The van der Waals surface area contributed by atoms with Crippen LogP contribution in [0, 0.1) is 0 Å². The average Bonchev–Trinajstić information content (AvgIpc) is 3.31. The van der Waals surface area contributed by atoms with E-state index in [9.17, 15) is 9.90 Å². The molecule has 5 rings (SSSR count). The van der Waals surface area contributed by atoms with Gasteiger partial charge in [0.1, 0.15) is 0 Å². The fourth-order valence-corrected chi connectivity index (χ4v) is 4.61. The van der Waals surface area contributed by atoms with Gasteiger partial charge in [-0.25, -0.2) is 4.68 Å². The van der Waals surface area contributed by atoms with Crippen molar-refractivity contribution in [2.45, 2.75) is 38.1 Å². The van der Waals surface area contributed by atoms with E-state index in [1.807, 2.05) is 48.8 Å². The van der Waals surface area contributed by atoms with Gasteiger partial charge in [0.25, 0.3) is 0 Å². The molecule has 6 heteroatoms. The number of carbonyl (C=O) groups is 1. The van der Waals surface area contributed by atoms with Crippen LogP contribution < -0.4 is 0 Å². The normalized spacial score (nSPS) is 16.1. The Bertz CT molecular complexity index is 1180. The maximum absolute atomic E-state index is 11.4. The van der Waals surface area contributed by atoms with E-state index in [0.717, 1.165) is 42.5 Å². The number of carboxylic acid groups (broad SMARTS) is 1. The Morgan fingerprint density at radius 1 is 1.14 bits per heavy atom. The molecule has 0 fully saturated rings. The first-order valence-electron chi connectivity index (χ1n) is 9.95. The first kappa shape index (κ1) is 17.7. The molecule has 1 atom stereocenters. The van der Waals surface area contributed by atoms with Gasteiger partial charge in [-0.1, -0.05) is 41.6 Å². The summed E-state index contributed by atoms with van der Waals surface area (Å²) < 4.78 is 4.22. The summed E-state index contributed by atoms with van der Waals surface area (Å²) in [4.78, 5) is 11.4. The molecule has 3 heterocycles. The van der Waals surface area contributed by atoms with Crippen molar-refractivity contribution < 1.29 is 9.90 Å². The van der Waals surface area contributed by atoms with Crippen molar-refractivity contribution in [2.75, 3.05) is 0 Å². The zero-order valence-corrected chi connectivity index (χ0v) is 16.0. The van der Waals surface area contributed by atoms with Crippen molar-refractivity contribution in [2.24, 2.45) is 0 Å². The third-order valence-electron chi connectivity index (χ3n) is 5.88. The number of benzene rings is 1. The number of rotatable bonds is 5. The molecule has 0 spiro atoms. The third-order valence-corrected chi connectivity index (χ3v) is 5.88. The van der Waals surface area contributed by atoms with E-state index in [2.05, 4.69) is 31.5 Å². The van der Waals surface area contributed by atoms with Gasteiger partial charge >= 0.3 is 5.97 Å². The van der Waals surface area contributed by atoms with Gasteiger partial charge in [0, 0.05) is 30.2 Å². The second-order valence-corrected chi connectivity index (χ2v) is 7.66. The number of hydrogen-bond acceptors (Lipinski definition) is 3. The molecule has 1 aromatic carbocycles. The second kappa shape index (κ2) is 7.20. The molecule has 29 heavy (non-hydrogen) atoms. The summed E-state index contributed by atoms with van der Waals surface area (Å²) in [5, 5.41) is 18.0. The van der Waals surface area contributed by atoms with Crippen molar-refractivity contribution in [3.05, 3.63) is 89.0 Å².